The van der Waals surface area contributed by atoms with Crippen LogP contribution in [-0.4, -0.2) is 82.8 Å². The van der Waals surface area contributed by atoms with Gasteiger partial charge in [-0.1, -0.05) is 43.0 Å². The summed E-state index contributed by atoms with van der Waals surface area (Å²) in [7, 11) is 1.70. The van der Waals surface area contributed by atoms with Gasteiger partial charge >= 0.3 is 6.03 Å². The topological polar surface area (TPSA) is 64.2 Å². The normalized spacial score (nSPS) is 22.3. The molecule has 1 aromatic carbocycles. The lowest BCUT2D eigenvalue weighted by molar-refractivity contribution is -0.141. The van der Waals surface area contributed by atoms with Crippen molar-refractivity contribution < 1.29 is 14.4 Å². The third-order valence-corrected chi connectivity index (χ3v) is 7.07. The van der Waals surface area contributed by atoms with Crippen LogP contribution in [0.5, 0.6) is 0 Å². The van der Waals surface area contributed by atoms with Crippen LogP contribution in [0.3, 0.4) is 0 Å². The molecule has 0 N–H and O–H groups in total. The van der Waals surface area contributed by atoms with Crippen molar-refractivity contribution in [3.05, 3.63) is 34.9 Å². The van der Waals surface area contributed by atoms with Crippen LogP contribution in [0.2, 0.25) is 5.02 Å². The lowest BCUT2D eigenvalue weighted by Crippen LogP contribution is -2.52. The highest BCUT2D eigenvalue weighted by Crippen LogP contribution is 2.39. The Morgan fingerprint density at radius 1 is 1.00 bits per heavy atom. The molecule has 3 fully saturated rings. The number of imide groups is 1. The fourth-order valence-corrected chi connectivity index (χ4v) is 5.04. The van der Waals surface area contributed by atoms with Crippen molar-refractivity contribution in [3.8, 4) is 0 Å². The van der Waals surface area contributed by atoms with E-state index in [1.54, 1.807) is 16.8 Å². The van der Waals surface area contributed by atoms with Crippen molar-refractivity contribution in [1.82, 2.24) is 19.6 Å². The number of amides is 4. The minimum atomic E-state index is -0.729. The van der Waals surface area contributed by atoms with Gasteiger partial charge in [-0.25, -0.2) is 4.79 Å². The predicted octanol–water partition coefficient (Wildman–Crippen LogP) is 2.58. The van der Waals surface area contributed by atoms with Crippen molar-refractivity contribution >= 4 is 29.4 Å². The monoisotopic (exact) mass is 432 g/mol. The Labute approximate surface area is 182 Å². The van der Waals surface area contributed by atoms with Crippen LogP contribution in [0.15, 0.2) is 24.3 Å². The summed E-state index contributed by atoms with van der Waals surface area (Å²) in [4.78, 5) is 45.5. The van der Waals surface area contributed by atoms with Crippen molar-refractivity contribution in [3.63, 3.8) is 0 Å². The highest BCUT2D eigenvalue weighted by Gasteiger charge is 2.56. The summed E-state index contributed by atoms with van der Waals surface area (Å²) in [5.74, 6) is -0.339. The summed E-state index contributed by atoms with van der Waals surface area (Å²) < 4.78 is 0. The summed E-state index contributed by atoms with van der Waals surface area (Å²) in [5.41, 5.74) is 0.459. The van der Waals surface area contributed by atoms with Gasteiger partial charge in [-0.3, -0.25) is 19.4 Å². The van der Waals surface area contributed by atoms with E-state index >= 15 is 0 Å². The molecule has 7 nitrogen and oxygen atoms in total. The SMILES string of the molecule is CN1C(=O)N(CC(=O)N2CCN(Cc3ccc(Cl)cc3)CC2)C(=O)C12CCCCC2. The number of hydrogen-bond acceptors (Lipinski definition) is 4. The fourth-order valence-electron chi connectivity index (χ4n) is 4.91. The number of benzene rings is 1. The number of nitrogens with zero attached hydrogens (tertiary/aromatic N) is 4. The molecule has 0 unspecified atom stereocenters. The molecule has 1 aliphatic carbocycles. The Balaban J connectivity index is 1.32. The molecule has 0 radical (unpaired) electrons. The minimum absolute atomic E-state index is 0.149. The van der Waals surface area contributed by atoms with E-state index in [1.807, 2.05) is 24.3 Å². The lowest BCUT2D eigenvalue weighted by Gasteiger charge is -2.36. The molecule has 1 saturated carbocycles. The first-order chi connectivity index (χ1) is 14.4. The summed E-state index contributed by atoms with van der Waals surface area (Å²) in [5, 5.41) is 0.723. The van der Waals surface area contributed by atoms with Crippen LogP contribution in [-0.2, 0) is 16.1 Å². The zero-order valence-electron chi connectivity index (χ0n) is 17.5. The number of likely N-dealkylation sites (N-methyl/N-ethyl adjacent to an activating group) is 1. The van der Waals surface area contributed by atoms with E-state index in [0.29, 0.717) is 25.9 Å². The van der Waals surface area contributed by atoms with E-state index in [0.717, 1.165) is 43.9 Å². The number of halogens is 1. The molecule has 3 aliphatic rings. The maximum Gasteiger partial charge on any atom is 0.327 e. The number of urea groups is 1. The van der Waals surface area contributed by atoms with Gasteiger partial charge in [-0.05, 0) is 30.5 Å². The Hall–Kier alpha value is -2.12. The Bertz CT molecular complexity index is 814. The summed E-state index contributed by atoms with van der Waals surface area (Å²) >= 11 is 5.94. The number of hydrogen-bond donors (Lipinski definition) is 0. The average Bonchev–Trinajstić information content (AvgIpc) is 2.93. The molecule has 2 aliphatic heterocycles. The summed E-state index contributed by atoms with van der Waals surface area (Å²) in [6.45, 7) is 3.39. The quantitative estimate of drug-likeness (QED) is 0.686. The number of carbonyl (C=O) groups excluding carboxylic acids is 3. The van der Waals surface area contributed by atoms with E-state index in [9.17, 15) is 14.4 Å². The van der Waals surface area contributed by atoms with Crippen LogP contribution in [0.25, 0.3) is 0 Å². The van der Waals surface area contributed by atoms with Gasteiger partial charge in [0.2, 0.25) is 5.91 Å². The fraction of sp³-hybridized carbons (Fsp3) is 0.591. The Morgan fingerprint density at radius 2 is 1.63 bits per heavy atom. The molecule has 2 saturated heterocycles. The van der Waals surface area contributed by atoms with Crippen LogP contribution in [0, 0.1) is 0 Å². The van der Waals surface area contributed by atoms with Crippen molar-refractivity contribution in [2.45, 2.75) is 44.2 Å². The molecule has 0 bridgehead atoms. The van der Waals surface area contributed by atoms with Crippen LogP contribution >= 0.6 is 11.6 Å². The van der Waals surface area contributed by atoms with Gasteiger partial charge in [0.15, 0.2) is 0 Å². The molecular weight excluding hydrogens is 404 g/mol. The van der Waals surface area contributed by atoms with E-state index in [1.165, 1.54) is 10.5 Å². The van der Waals surface area contributed by atoms with Gasteiger partial charge in [0, 0.05) is 44.8 Å². The molecule has 4 rings (SSSR count). The van der Waals surface area contributed by atoms with E-state index < -0.39 is 5.54 Å². The Kier molecular flexibility index (Phi) is 6.02. The summed E-state index contributed by atoms with van der Waals surface area (Å²) in [6, 6.07) is 7.47. The van der Waals surface area contributed by atoms with Crippen molar-refractivity contribution in [1.29, 1.82) is 0 Å². The second-order valence-corrected chi connectivity index (χ2v) is 9.04. The van der Waals surface area contributed by atoms with Crippen molar-refractivity contribution in [2.24, 2.45) is 0 Å². The van der Waals surface area contributed by atoms with Crippen LogP contribution in [0.4, 0.5) is 4.79 Å². The van der Waals surface area contributed by atoms with Gasteiger partial charge < -0.3 is 9.80 Å². The highest BCUT2D eigenvalue weighted by atomic mass is 35.5. The lowest BCUT2D eigenvalue weighted by atomic mass is 9.81. The molecule has 30 heavy (non-hydrogen) atoms. The third-order valence-electron chi connectivity index (χ3n) is 6.82. The van der Waals surface area contributed by atoms with Gasteiger partial charge in [0.25, 0.3) is 5.91 Å². The second kappa shape index (κ2) is 8.55. The van der Waals surface area contributed by atoms with E-state index in [4.69, 9.17) is 11.6 Å². The molecular formula is C22H29ClN4O3. The van der Waals surface area contributed by atoms with Crippen LogP contribution in [0.1, 0.15) is 37.7 Å². The molecule has 2 heterocycles. The highest BCUT2D eigenvalue weighted by molar-refractivity contribution is 6.30. The molecule has 0 aromatic heterocycles. The number of piperazine rings is 1. The second-order valence-electron chi connectivity index (χ2n) is 8.61. The summed E-state index contributed by atoms with van der Waals surface area (Å²) in [6.07, 6.45) is 4.38. The number of rotatable bonds is 4. The Morgan fingerprint density at radius 3 is 2.27 bits per heavy atom. The molecule has 0 atom stereocenters. The van der Waals surface area contributed by atoms with Crippen LogP contribution < -0.4 is 0 Å². The first kappa shape index (κ1) is 21.1. The first-order valence-electron chi connectivity index (χ1n) is 10.7. The molecule has 1 aromatic rings. The average molecular weight is 433 g/mol. The number of carbonyl (C=O) groups is 3. The molecule has 8 heteroatoms. The van der Waals surface area contributed by atoms with Crippen molar-refractivity contribution in [2.75, 3.05) is 39.8 Å². The molecule has 4 amide bonds. The van der Waals surface area contributed by atoms with Gasteiger partial charge in [-0.15, -0.1) is 0 Å². The maximum absolute atomic E-state index is 13.1. The maximum atomic E-state index is 13.1. The molecule has 1 spiro atoms. The standard InChI is InChI=1S/C22H29ClN4O3/c1-24-21(30)27(20(29)22(24)9-3-2-4-10-22)16-19(28)26-13-11-25(12-14-26)15-17-5-7-18(23)8-6-17/h5-8H,2-4,9-16H2,1H3. The zero-order valence-corrected chi connectivity index (χ0v) is 18.2. The predicted molar refractivity (Wildman–Crippen MR) is 114 cm³/mol. The first-order valence-corrected chi connectivity index (χ1v) is 11.1. The van der Waals surface area contributed by atoms with Gasteiger partial charge in [-0.2, -0.15) is 0 Å². The van der Waals surface area contributed by atoms with E-state index in [-0.39, 0.29) is 24.4 Å². The van der Waals surface area contributed by atoms with Gasteiger partial charge in [0.05, 0.1) is 0 Å². The minimum Gasteiger partial charge on any atom is -0.339 e. The third kappa shape index (κ3) is 3.93. The van der Waals surface area contributed by atoms with E-state index in [2.05, 4.69) is 4.90 Å². The largest absolute Gasteiger partial charge is 0.339 e. The zero-order chi connectivity index (χ0) is 21.3. The van der Waals surface area contributed by atoms with Gasteiger partial charge in [0.1, 0.15) is 12.1 Å². The smallest absolute Gasteiger partial charge is 0.327 e. The molecule has 162 valence electrons.